The lowest BCUT2D eigenvalue weighted by atomic mass is 10.1. The molecule has 0 aromatic carbocycles. The van der Waals surface area contributed by atoms with E-state index in [-0.39, 0.29) is 12.0 Å². The molecule has 2 aliphatic rings. The summed E-state index contributed by atoms with van der Waals surface area (Å²) in [6, 6.07) is 0.301. The minimum Gasteiger partial charge on any atom is -0.391 e. The summed E-state index contributed by atoms with van der Waals surface area (Å²) in [5.41, 5.74) is 0.844. The zero-order valence-corrected chi connectivity index (χ0v) is 13.5. The second kappa shape index (κ2) is 6.02. The number of thiazole rings is 1. The number of hydrogen-bond donors (Lipinski definition) is 1. The lowest BCUT2D eigenvalue weighted by molar-refractivity contribution is 0.0317. The first-order valence-electron chi connectivity index (χ1n) is 7.71. The van der Waals surface area contributed by atoms with E-state index in [1.54, 1.807) is 0 Å². The Kier molecular flexibility index (Phi) is 4.28. The number of aromatic nitrogens is 1. The molecule has 0 spiro atoms. The summed E-state index contributed by atoms with van der Waals surface area (Å²) in [5.74, 6) is 0.115. The number of nitrogens with zero attached hydrogens (tertiary/aromatic N) is 3. The molecule has 1 saturated heterocycles. The molecule has 5 nitrogen and oxygen atoms in total. The van der Waals surface area contributed by atoms with Crippen LogP contribution in [0.25, 0.3) is 0 Å². The number of hydrogen-bond acceptors (Lipinski definition) is 5. The fourth-order valence-electron chi connectivity index (χ4n) is 3.48. The smallest absolute Gasteiger partial charge is 0.265 e. The molecule has 1 amide bonds. The van der Waals surface area contributed by atoms with Gasteiger partial charge in [0.15, 0.2) is 0 Å². The van der Waals surface area contributed by atoms with Gasteiger partial charge in [-0.1, -0.05) is 0 Å². The lowest BCUT2D eigenvalue weighted by Crippen LogP contribution is -2.53. The number of aliphatic hydroxyl groups excluding tert-OH is 1. The van der Waals surface area contributed by atoms with Crippen LogP contribution in [-0.2, 0) is 0 Å². The number of carbonyl (C=O) groups excluding carboxylic acids is 1. The third kappa shape index (κ3) is 2.98. The molecule has 1 aromatic rings. The highest BCUT2D eigenvalue weighted by Gasteiger charge is 2.33. The minimum atomic E-state index is -0.182. The van der Waals surface area contributed by atoms with Crippen LogP contribution in [0.5, 0.6) is 0 Å². The Bertz CT molecular complexity index is 523. The van der Waals surface area contributed by atoms with E-state index < -0.39 is 0 Å². The van der Waals surface area contributed by atoms with Crippen LogP contribution in [-0.4, -0.2) is 64.1 Å². The summed E-state index contributed by atoms with van der Waals surface area (Å²) in [7, 11) is 0. The maximum Gasteiger partial charge on any atom is 0.265 e. The first-order valence-corrected chi connectivity index (χ1v) is 8.53. The third-order valence-corrected chi connectivity index (χ3v) is 5.67. The molecule has 6 heteroatoms. The van der Waals surface area contributed by atoms with E-state index in [1.165, 1.54) is 11.3 Å². The van der Waals surface area contributed by atoms with E-state index in [9.17, 15) is 9.90 Å². The summed E-state index contributed by atoms with van der Waals surface area (Å²) in [4.78, 5) is 22.0. The number of aryl methyl sites for hydroxylation is 2. The number of rotatable bonds is 2. The molecule has 1 N–H and O–H groups in total. The van der Waals surface area contributed by atoms with Crippen molar-refractivity contribution >= 4 is 17.2 Å². The van der Waals surface area contributed by atoms with Crippen molar-refractivity contribution in [1.82, 2.24) is 14.8 Å². The SMILES string of the molecule is Cc1nc(C)c(C(=O)N2CCN([C@H]3CCC[C@H]3O)CC2)s1. The van der Waals surface area contributed by atoms with Gasteiger partial charge in [-0.05, 0) is 33.1 Å². The van der Waals surface area contributed by atoms with Crippen LogP contribution in [0.4, 0.5) is 0 Å². The highest BCUT2D eigenvalue weighted by molar-refractivity contribution is 7.13. The Morgan fingerprint density at radius 1 is 1.24 bits per heavy atom. The molecule has 1 saturated carbocycles. The highest BCUT2D eigenvalue weighted by Crippen LogP contribution is 2.26. The van der Waals surface area contributed by atoms with Crippen LogP contribution in [0.3, 0.4) is 0 Å². The molecule has 21 heavy (non-hydrogen) atoms. The average molecular weight is 309 g/mol. The van der Waals surface area contributed by atoms with Crippen LogP contribution in [0.2, 0.25) is 0 Å². The van der Waals surface area contributed by atoms with E-state index in [4.69, 9.17) is 0 Å². The molecule has 1 aliphatic carbocycles. The Morgan fingerprint density at radius 3 is 2.48 bits per heavy atom. The van der Waals surface area contributed by atoms with Gasteiger partial charge in [0, 0.05) is 32.2 Å². The zero-order chi connectivity index (χ0) is 15.0. The van der Waals surface area contributed by atoms with Crippen molar-refractivity contribution in [2.75, 3.05) is 26.2 Å². The number of amides is 1. The topological polar surface area (TPSA) is 56.7 Å². The summed E-state index contributed by atoms with van der Waals surface area (Å²) in [5, 5.41) is 11.0. The largest absolute Gasteiger partial charge is 0.391 e. The van der Waals surface area contributed by atoms with E-state index >= 15 is 0 Å². The average Bonchev–Trinajstić information content (AvgIpc) is 3.04. The minimum absolute atomic E-state index is 0.115. The van der Waals surface area contributed by atoms with Crippen molar-refractivity contribution in [1.29, 1.82) is 0 Å². The Balaban J connectivity index is 1.60. The molecule has 1 aromatic heterocycles. The van der Waals surface area contributed by atoms with Gasteiger partial charge < -0.3 is 10.0 Å². The summed E-state index contributed by atoms with van der Waals surface area (Å²) < 4.78 is 0. The number of aliphatic hydroxyl groups is 1. The van der Waals surface area contributed by atoms with Gasteiger partial charge in [0.25, 0.3) is 5.91 Å². The predicted molar refractivity (Wildman–Crippen MR) is 82.7 cm³/mol. The van der Waals surface area contributed by atoms with Gasteiger partial charge in [0.05, 0.1) is 16.8 Å². The molecule has 2 fully saturated rings. The van der Waals surface area contributed by atoms with E-state index in [0.29, 0.717) is 6.04 Å². The van der Waals surface area contributed by atoms with Crippen LogP contribution in [0.15, 0.2) is 0 Å². The van der Waals surface area contributed by atoms with E-state index in [2.05, 4.69) is 9.88 Å². The van der Waals surface area contributed by atoms with Crippen LogP contribution >= 0.6 is 11.3 Å². The quantitative estimate of drug-likeness (QED) is 0.898. The third-order valence-electron chi connectivity index (χ3n) is 4.61. The van der Waals surface area contributed by atoms with Gasteiger partial charge in [-0.2, -0.15) is 0 Å². The monoisotopic (exact) mass is 309 g/mol. The van der Waals surface area contributed by atoms with Gasteiger partial charge in [-0.25, -0.2) is 4.98 Å². The molecule has 3 rings (SSSR count). The van der Waals surface area contributed by atoms with Gasteiger partial charge in [-0.15, -0.1) is 11.3 Å². The molecule has 0 unspecified atom stereocenters. The van der Waals surface area contributed by atoms with Crippen molar-refractivity contribution < 1.29 is 9.90 Å². The van der Waals surface area contributed by atoms with Gasteiger partial charge in [0.1, 0.15) is 4.88 Å². The number of carbonyl (C=O) groups is 1. The van der Waals surface area contributed by atoms with Crippen LogP contribution in [0.1, 0.15) is 39.6 Å². The second-order valence-corrected chi connectivity index (χ2v) is 7.24. The summed E-state index contributed by atoms with van der Waals surface area (Å²) in [6.45, 7) is 7.07. The molecule has 0 radical (unpaired) electrons. The van der Waals surface area contributed by atoms with Gasteiger partial charge in [-0.3, -0.25) is 9.69 Å². The fraction of sp³-hybridized carbons (Fsp3) is 0.733. The van der Waals surface area contributed by atoms with Crippen LogP contribution < -0.4 is 0 Å². The summed E-state index contributed by atoms with van der Waals surface area (Å²) >= 11 is 1.49. The maximum atomic E-state index is 12.6. The Labute approximate surface area is 129 Å². The zero-order valence-electron chi connectivity index (χ0n) is 12.7. The van der Waals surface area contributed by atoms with Crippen molar-refractivity contribution in [2.45, 2.75) is 45.3 Å². The van der Waals surface area contributed by atoms with Crippen LogP contribution in [0, 0.1) is 13.8 Å². The molecule has 2 heterocycles. The fourth-order valence-corrected chi connectivity index (χ4v) is 4.36. The second-order valence-electron chi connectivity index (χ2n) is 6.04. The first-order chi connectivity index (χ1) is 10.1. The standard InChI is InChI=1S/C15H23N3O2S/c1-10-14(21-11(2)16-10)15(20)18-8-6-17(7-9-18)12-4-3-5-13(12)19/h12-13,19H,3-9H2,1-2H3/t12-,13+/m0/s1. The molecule has 116 valence electrons. The molecule has 0 bridgehead atoms. The van der Waals surface area contributed by atoms with Crippen molar-refractivity contribution in [3.8, 4) is 0 Å². The first kappa shape index (κ1) is 14.9. The predicted octanol–water partition coefficient (Wildman–Crippen LogP) is 1.43. The van der Waals surface area contributed by atoms with Crippen molar-refractivity contribution in [3.05, 3.63) is 15.6 Å². The Hall–Kier alpha value is -0.980. The van der Waals surface area contributed by atoms with Crippen molar-refractivity contribution in [3.63, 3.8) is 0 Å². The van der Waals surface area contributed by atoms with E-state index in [1.807, 2.05) is 18.7 Å². The molecular weight excluding hydrogens is 286 g/mol. The molecule has 1 aliphatic heterocycles. The van der Waals surface area contributed by atoms with Crippen molar-refractivity contribution in [2.24, 2.45) is 0 Å². The van der Waals surface area contributed by atoms with Gasteiger partial charge >= 0.3 is 0 Å². The lowest BCUT2D eigenvalue weighted by Gasteiger charge is -2.39. The molecule has 2 atom stereocenters. The highest BCUT2D eigenvalue weighted by atomic mass is 32.1. The number of piperazine rings is 1. The summed E-state index contributed by atoms with van der Waals surface area (Å²) in [6.07, 6.45) is 2.94. The molecular formula is C15H23N3O2S. The Morgan fingerprint density at radius 2 is 1.95 bits per heavy atom. The van der Waals surface area contributed by atoms with E-state index in [0.717, 1.165) is 61.0 Å². The normalized spacial score (nSPS) is 27.3. The maximum absolute atomic E-state index is 12.6. The van der Waals surface area contributed by atoms with Gasteiger partial charge in [0.2, 0.25) is 0 Å².